The van der Waals surface area contributed by atoms with Crippen LogP contribution in [0.2, 0.25) is 0 Å². The zero-order valence-electron chi connectivity index (χ0n) is 11.0. The molecule has 6 heteroatoms. The first-order valence-corrected chi connectivity index (χ1v) is 7.94. The molecule has 0 aliphatic rings. The molecule has 0 amide bonds. The molecule has 1 atom stereocenters. The van der Waals surface area contributed by atoms with Crippen LogP contribution in [0.4, 0.5) is 13.2 Å². The van der Waals surface area contributed by atoms with Crippen LogP contribution in [0.25, 0.3) is 0 Å². The maximum atomic E-state index is 12.5. The topological polar surface area (TPSA) is 12.9 Å². The minimum absolute atomic E-state index is 0.239. The molecule has 1 heterocycles. The molecule has 2 aromatic rings. The minimum Gasteiger partial charge on any atom is -0.249 e. The van der Waals surface area contributed by atoms with Gasteiger partial charge in [0.2, 0.25) is 0 Å². The lowest BCUT2D eigenvalue weighted by Gasteiger charge is -2.14. The van der Waals surface area contributed by atoms with Crippen LogP contribution in [0.5, 0.6) is 0 Å². The Balaban J connectivity index is 1.99. The third-order valence-corrected chi connectivity index (χ3v) is 4.53. The molecule has 0 bridgehead atoms. The van der Waals surface area contributed by atoms with Crippen molar-refractivity contribution in [3.63, 3.8) is 0 Å². The molecule has 2 rings (SSSR count). The molecule has 1 unspecified atom stereocenters. The number of alkyl halides is 3. The standard InChI is InChI=1S/C15H14F3NS2/c16-15(17,18)13-6-7-14(19-8-13)21-10-12(9-20)11-4-2-1-3-5-11/h1-8,12,20H,9-10H2. The molecule has 21 heavy (non-hydrogen) atoms. The number of hydrogen-bond donors (Lipinski definition) is 1. The Hall–Kier alpha value is -1.14. The number of rotatable bonds is 5. The number of nitrogens with zero attached hydrogens (tertiary/aromatic N) is 1. The van der Waals surface area contributed by atoms with Crippen molar-refractivity contribution in [2.75, 3.05) is 11.5 Å². The lowest BCUT2D eigenvalue weighted by atomic mass is 10.0. The van der Waals surface area contributed by atoms with Gasteiger partial charge in [0.25, 0.3) is 0 Å². The highest BCUT2D eigenvalue weighted by Gasteiger charge is 2.30. The van der Waals surface area contributed by atoms with Crippen molar-refractivity contribution in [1.82, 2.24) is 4.98 Å². The maximum absolute atomic E-state index is 12.5. The first-order chi connectivity index (χ1) is 10.0. The smallest absolute Gasteiger partial charge is 0.249 e. The van der Waals surface area contributed by atoms with E-state index >= 15 is 0 Å². The number of pyridine rings is 1. The van der Waals surface area contributed by atoms with E-state index in [9.17, 15) is 13.2 Å². The Morgan fingerprint density at radius 3 is 2.33 bits per heavy atom. The normalized spacial score (nSPS) is 13.1. The Bertz CT molecular complexity index is 555. The van der Waals surface area contributed by atoms with Crippen LogP contribution in [0, 0.1) is 0 Å². The average molecular weight is 329 g/mol. The van der Waals surface area contributed by atoms with E-state index in [1.165, 1.54) is 23.4 Å². The Labute approximate surface area is 131 Å². The van der Waals surface area contributed by atoms with Gasteiger partial charge in [-0.3, -0.25) is 0 Å². The van der Waals surface area contributed by atoms with Gasteiger partial charge in [-0.05, 0) is 23.4 Å². The van der Waals surface area contributed by atoms with Gasteiger partial charge < -0.3 is 0 Å². The summed E-state index contributed by atoms with van der Waals surface area (Å²) in [7, 11) is 0. The summed E-state index contributed by atoms with van der Waals surface area (Å²) in [5, 5.41) is 0.589. The van der Waals surface area contributed by atoms with Gasteiger partial charge >= 0.3 is 6.18 Å². The fraction of sp³-hybridized carbons (Fsp3) is 0.267. The van der Waals surface area contributed by atoms with Crippen LogP contribution in [-0.4, -0.2) is 16.5 Å². The van der Waals surface area contributed by atoms with Crippen molar-refractivity contribution in [1.29, 1.82) is 0 Å². The molecule has 0 aliphatic heterocycles. The van der Waals surface area contributed by atoms with Gasteiger partial charge in [-0.1, -0.05) is 30.3 Å². The number of thiol groups is 1. The highest BCUT2D eigenvalue weighted by Crippen LogP contribution is 2.31. The molecule has 0 radical (unpaired) electrons. The molecule has 0 saturated carbocycles. The van der Waals surface area contributed by atoms with Gasteiger partial charge in [0.15, 0.2) is 0 Å². The Morgan fingerprint density at radius 2 is 1.81 bits per heavy atom. The molecule has 0 saturated heterocycles. The van der Waals surface area contributed by atoms with Crippen LogP contribution < -0.4 is 0 Å². The fourth-order valence-electron chi connectivity index (χ4n) is 1.80. The molecular weight excluding hydrogens is 315 g/mol. The van der Waals surface area contributed by atoms with Gasteiger partial charge in [0, 0.05) is 17.9 Å². The summed E-state index contributed by atoms with van der Waals surface area (Å²) in [6.45, 7) is 0. The van der Waals surface area contributed by atoms with Crippen molar-refractivity contribution in [2.45, 2.75) is 17.1 Å². The second kappa shape index (κ2) is 7.22. The van der Waals surface area contributed by atoms with Crippen molar-refractivity contribution in [2.24, 2.45) is 0 Å². The molecule has 0 N–H and O–H groups in total. The zero-order chi connectivity index (χ0) is 15.3. The quantitative estimate of drug-likeness (QED) is 0.618. The molecule has 1 aromatic heterocycles. The number of thioether (sulfide) groups is 1. The summed E-state index contributed by atoms with van der Waals surface area (Å²) in [5.74, 6) is 1.65. The number of benzene rings is 1. The Kier molecular flexibility index (Phi) is 5.58. The van der Waals surface area contributed by atoms with Crippen molar-refractivity contribution in [3.8, 4) is 0 Å². The summed E-state index contributed by atoms with van der Waals surface area (Å²) in [6.07, 6.45) is -3.46. The van der Waals surface area contributed by atoms with Crippen molar-refractivity contribution >= 4 is 24.4 Å². The highest BCUT2D eigenvalue weighted by molar-refractivity contribution is 7.99. The number of halogens is 3. The van der Waals surface area contributed by atoms with E-state index in [-0.39, 0.29) is 5.92 Å². The molecule has 0 fully saturated rings. The SMILES string of the molecule is FC(F)(F)c1ccc(SCC(CS)c2ccccc2)nc1. The lowest BCUT2D eigenvalue weighted by Crippen LogP contribution is -2.06. The monoisotopic (exact) mass is 329 g/mol. The molecular formula is C15H14F3NS2. The minimum atomic E-state index is -4.34. The summed E-state index contributed by atoms with van der Waals surface area (Å²) in [4.78, 5) is 3.86. The van der Waals surface area contributed by atoms with E-state index in [0.717, 1.165) is 18.0 Å². The molecule has 1 aromatic carbocycles. The van der Waals surface area contributed by atoms with Gasteiger partial charge in [-0.15, -0.1) is 11.8 Å². The second-order valence-corrected chi connectivity index (χ2v) is 5.89. The molecule has 0 spiro atoms. The summed E-state index contributed by atoms with van der Waals surface area (Å²) in [6, 6.07) is 12.4. The van der Waals surface area contributed by atoms with E-state index in [2.05, 4.69) is 17.6 Å². The summed E-state index contributed by atoms with van der Waals surface area (Å²) >= 11 is 5.78. The molecule has 0 aliphatic carbocycles. The average Bonchev–Trinajstić information content (AvgIpc) is 2.48. The first kappa shape index (κ1) is 16.2. The fourth-order valence-corrected chi connectivity index (χ4v) is 3.29. The van der Waals surface area contributed by atoms with Gasteiger partial charge in [-0.25, -0.2) is 4.98 Å². The van der Waals surface area contributed by atoms with Crippen LogP contribution in [0.1, 0.15) is 17.0 Å². The third kappa shape index (κ3) is 4.68. The van der Waals surface area contributed by atoms with E-state index in [1.807, 2.05) is 30.3 Å². The lowest BCUT2D eigenvalue weighted by molar-refractivity contribution is -0.137. The third-order valence-electron chi connectivity index (χ3n) is 2.99. The van der Waals surface area contributed by atoms with E-state index in [1.54, 1.807) is 0 Å². The van der Waals surface area contributed by atoms with Crippen molar-refractivity contribution < 1.29 is 13.2 Å². The summed E-state index contributed by atoms with van der Waals surface area (Å²) < 4.78 is 37.4. The number of hydrogen-bond acceptors (Lipinski definition) is 3. The predicted molar refractivity (Wildman–Crippen MR) is 83.0 cm³/mol. The van der Waals surface area contributed by atoms with Crippen molar-refractivity contribution in [3.05, 3.63) is 59.8 Å². The number of aromatic nitrogens is 1. The molecule has 112 valence electrons. The van der Waals surface area contributed by atoms with Gasteiger partial charge in [0.05, 0.1) is 10.6 Å². The maximum Gasteiger partial charge on any atom is 0.417 e. The van der Waals surface area contributed by atoms with Crippen LogP contribution in [0.15, 0.2) is 53.7 Å². The second-order valence-electron chi connectivity index (χ2n) is 4.48. The van der Waals surface area contributed by atoms with Crippen LogP contribution in [0.3, 0.4) is 0 Å². The van der Waals surface area contributed by atoms with Crippen LogP contribution >= 0.6 is 24.4 Å². The molecule has 1 nitrogen and oxygen atoms in total. The van der Waals surface area contributed by atoms with Gasteiger partial charge in [-0.2, -0.15) is 25.8 Å². The summed E-state index contributed by atoms with van der Waals surface area (Å²) in [5.41, 5.74) is 0.451. The highest BCUT2D eigenvalue weighted by atomic mass is 32.2. The predicted octanol–water partition coefficient (Wildman–Crippen LogP) is 4.91. The zero-order valence-corrected chi connectivity index (χ0v) is 12.8. The van der Waals surface area contributed by atoms with Gasteiger partial charge in [0.1, 0.15) is 0 Å². The Morgan fingerprint density at radius 1 is 1.10 bits per heavy atom. The largest absolute Gasteiger partial charge is 0.417 e. The van der Waals surface area contributed by atoms with E-state index in [4.69, 9.17) is 0 Å². The van der Waals surface area contributed by atoms with Crippen LogP contribution in [-0.2, 0) is 6.18 Å². The van der Waals surface area contributed by atoms with E-state index < -0.39 is 11.7 Å². The van der Waals surface area contributed by atoms with E-state index in [0.29, 0.717) is 10.8 Å². The first-order valence-electron chi connectivity index (χ1n) is 6.32.